The van der Waals surface area contributed by atoms with E-state index in [1.54, 1.807) is 25.3 Å². The van der Waals surface area contributed by atoms with E-state index in [9.17, 15) is 4.79 Å². The number of hydrogen-bond acceptors (Lipinski definition) is 6. The van der Waals surface area contributed by atoms with Gasteiger partial charge in [-0.25, -0.2) is 0 Å². The van der Waals surface area contributed by atoms with Gasteiger partial charge in [0.25, 0.3) is 0 Å². The van der Waals surface area contributed by atoms with Crippen LogP contribution in [0.4, 0.5) is 5.69 Å². The maximum absolute atomic E-state index is 12.5. The summed E-state index contributed by atoms with van der Waals surface area (Å²) in [6.45, 7) is 6.84. The first-order valence-electron chi connectivity index (χ1n) is 10.4. The van der Waals surface area contributed by atoms with Crippen LogP contribution in [0.1, 0.15) is 32.7 Å². The predicted octanol–water partition coefficient (Wildman–Crippen LogP) is 6.12. The average molecular weight is 509 g/mol. The van der Waals surface area contributed by atoms with Gasteiger partial charge in [0.05, 0.1) is 12.9 Å². The van der Waals surface area contributed by atoms with E-state index >= 15 is 0 Å². The lowest BCUT2D eigenvalue weighted by molar-refractivity contribution is -0.113. The molecule has 10 heteroatoms. The molecule has 0 spiro atoms. The summed E-state index contributed by atoms with van der Waals surface area (Å²) in [6, 6.07) is 12.3. The molecule has 1 amide bonds. The van der Waals surface area contributed by atoms with Crippen LogP contribution in [0.5, 0.6) is 11.5 Å². The van der Waals surface area contributed by atoms with Crippen molar-refractivity contribution in [1.29, 1.82) is 0 Å². The number of carbonyl (C=O) groups excluding carboxylic acids is 1. The molecule has 1 atom stereocenters. The smallest absolute Gasteiger partial charge is 0.234 e. The third kappa shape index (κ3) is 7.28. The fourth-order valence-electron chi connectivity index (χ4n) is 3.13. The third-order valence-corrected chi connectivity index (χ3v) is 5.89. The van der Waals surface area contributed by atoms with Gasteiger partial charge in [-0.2, -0.15) is 0 Å². The number of hydrogen-bond donors (Lipinski definition) is 1. The minimum Gasteiger partial charge on any atom is -0.497 e. The first-order valence-corrected chi connectivity index (χ1v) is 12.1. The Hall–Kier alpha value is -2.42. The highest BCUT2D eigenvalue weighted by atomic mass is 35.5. The Morgan fingerprint density at radius 1 is 1.09 bits per heavy atom. The molecule has 0 aliphatic heterocycles. The van der Waals surface area contributed by atoms with E-state index in [1.165, 1.54) is 11.8 Å². The molecule has 0 saturated carbocycles. The Morgan fingerprint density at radius 3 is 2.45 bits per heavy atom. The van der Waals surface area contributed by atoms with Gasteiger partial charge in [0.2, 0.25) is 5.91 Å². The molecule has 2 aromatic carbocycles. The maximum Gasteiger partial charge on any atom is 0.234 e. The lowest BCUT2D eigenvalue weighted by Crippen LogP contribution is -2.17. The van der Waals surface area contributed by atoms with Gasteiger partial charge in [0.1, 0.15) is 11.5 Å². The van der Waals surface area contributed by atoms with E-state index in [4.69, 9.17) is 32.7 Å². The Morgan fingerprint density at radius 2 is 1.79 bits per heavy atom. The van der Waals surface area contributed by atoms with Gasteiger partial charge in [-0.05, 0) is 43.2 Å². The van der Waals surface area contributed by atoms with E-state index in [2.05, 4.69) is 29.4 Å². The summed E-state index contributed by atoms with van der Waals surface area (Å²) in [5.74, 6) is 2.40. The Kier molecular flexibility index (Phi) is 8.88. The van der Waals surface area contributed by atoms with Gasteiger partial charge in [-0.15, -0.1) is 10.2 Å². The minimum atomic E-state index is -0.347. The lowest BCUT2D eigenvalue weighted by atomic mass is 10.2. The van der Waals surface area contributed by atoms with E-state index in [1.807, 2.05) is 35.8 Å². The Balaban J connectivity index is 1.71. The highest BCUT2D eigenvalue weighted by Gasteiger charge is 2.21. The Labute approximate surface area is 207 Å². The van der Waals surface area contributed by atoms with Gasteiger partial charge in [0, 0.05) is 28.3 Å². The third-order valence-electron chi connectivity index (χ3n) is 4.49. The van der Waals surface area contributed by atoms with Crippen LogP contribution >= 0.6 is 35.0 Å². The highest BCUT2D eigenvalue weighted by Crippen LogP contribution is 2.28. The van der Waals surface area contributed by atoms with Crippen LogP contribution in [0, 0.1) is 5.92 Å². The number of aromatic nitrogens is 3. The van der Waals surface area contributed by atoms with Crippen LogP contribution in [0.2, 0.25) is 10.0 Å². The molecule has 3 aromatic rings. The Bertz CT molecular complexity index is 1090. The SMILES string of the molecule is COc1cccc(OC(C)c2nnc(SCC(=O)Nc3cc(Cl)cc(Cl)c3)n2CC(C)C)c1. The number of nitrogens with one attached hydrogen (secondary N) is 1. The monoisotopic (exact) mass is 508 g/mol. The number of thioether (sulfide) groups is 1. The van der Waals surface area contributed by atoms with E-state index < -0.39 is 0 Å². The zero-order valence-corrected chi connectivity index (χ0v) is 21.2. The van der Waals surface area contributed by atoms with Crippen molar-refractivity contribution in [2.24, 2.45) is 5.92 Å². The van der Waals surface area contributed by atoms with Crippen LogP contribution in [0.15, 0.2) is 47.6 Å². The second-order valence-corrected chi connectivity index (χ2v) is 9.59. The normalized spacial score (nSPS) is 12.0. The number of methoxy groups -OCH3 is 1. The molecule has 3 rings (SSSR count). The summed E-state index contributed by atoms with van der Waals surface area (Å²) in [5.41, 5.74) is 0.544. The molecule has 0 bridgehead atoms. The zero-order valence-electron chi connectivity index (χ0n) is 18.8. The average Bonchev–Trinajstić information content (AvgIpc) is 3.13. The molecular formula is C23H26Cl2N4O3S. The predicted molar refractivity (Wildman–Crippen MR) is 133 cm³/mol. The topological polar surface area (TPSA) is 78.3 Å². The van der Waals surface area contributed by atoms with Gasteiger partial charge in [-0.1, -0.05) is 54.9 Å². The van der Waals surface area contributed by atoms with Crippen molar-refractivity contribution in [3.05, 3.63) is 58.3 Å². The van der Waals surface area contributed by atoms with Crippen molar-refractivity contribution in [2.45, 2.75) is 38.6 Å². The van der Waals surface area contributed by atoms with Crippen molar-refractivity contribution in [3.63, 3.8) is 0 Å². The number of amides is 1. The first kappa shape index (κ1) is 25.2. The van der Waals surface area contributed by atoms with Crippen LogP contribution in [0.3, 0.4) is 0 Å². The molecule has 0 aliphatic rings. The number of rotatable bonds is 10. The molecule has 1 heterocycles. The largest absolute Gasteiger partial charge is 0.497 e. The van der Waals surface area contributed by atoms with Crippen LogP contribution in [0.25, 0.3) is 0 Å². The molecule has 1 N–H and O–H groups in total. The van der Waals surface area contributed by atoms with Gasteiger partial charge >= 0.3 is 0 Å². The van der Waals surface area contributed by atoms with Gasteiger partial charge in [-0.3, -0.25) is 4.79 Å². The van der Waals surface area contributed by atoms with Gasteiger partial charge < -0.3 is 19.4 Å². The van der Waals surface area contributed by atoms with E-state index in [0.717, 1.165) is 0 Å². The molecule has 33 heavy (non-hydrogen) atoms. The minimum absolute atomic E-state index is 0.158. The van der Waals surface area contributed by atoms with Crippen molar-refractivity contribution in [3.8, 4) is 11.5 Å². The van der Waals surface area contributed by atoms with Crippen LogP contribution in [-0.2, 0) is 11.3 Å². The molecule has 0 saturated heterocycles. The molecule has 1 aromatic heterocycles. The van der Waals surface area contributed by atoms with Gasteiger partial charge in [0.15, 0.2) is 17.1 Å². The first-order chi connectivity index (χ1) is 15.7. The number of benzene rings is 2. The van der Waals surface area contributed by atoms with Crippen molar-refractivity contribution >= 4 is 46.6 Å². The quantitative estimate of drug-likeness (QED) is 0.332. The summed E-state index contributed by atoms with van der Waals surface area (Å²) in [5, 5.41) is 13.1. The molecule has 0 aliphatic carbocycles. The highest BCUT2D eigenvalue weighted by molar-refractivity contribution is 7.99. The fraction of sp³-hybridized carbons (Fsp3) is 0.348. The molecule has 176 valence electrons. The summed E-state index contributed by atoms with van der Waals surface area (Å²) in [4.78, 5) is 12.5. The summed E-state index contributed by atoms with van der Waals surface area (Å²) < 4.78 is 13.4. The maximum atomic E-state index is 12.5. The summed E-state index contributed by atoms with van der Waals surface area (Å²) in [6.07, 6.45) is -0.347. The molecule has 7 nitrogen and oxygen atoms in total. The summed E-state index contributed by atoms with van der Waals surface area (Å²) >= 11 is 13.3. The van der Waals surface area contributed by atoms with Crippen molar-refractivity contribution in [2.75, 3.05) is 18.2 Å². The number of halogens is 2. The molecule has 1 unspecified atom stereocenters. The second kappa shape index (κ2) is 11.6. The van der Waals surface area contributed by atoms with E-state index in [0.29, 0.717) is 50.7 Å². The number of ether oxygens (including phenoxy) is 2. The molecule has 0 fully saturated rings. The number of anilines is 1. The standard InChI is InChI=1S/C23H26Cl2N4O3S/c1-14(2)12-29-22(15(3)32-20-7-5-6-19(11-20)31-4)27-28-23(29)33-13-21(30)26-18-9-16(24)8-17(25)10-18/h5-11,14-15H,12-13H2,1-4H3,(H,26,30). The molecule has 0 radical (unpaired) electrons. The van der Waals surface area contributed by atoms with Crippen molar-refractivity contribution < 1.29 is 14.3 Å². The fourth-order valence-corrected chi connectivity index (χ4v) is 4.41. The summed E-state index contributed by atoms with van der Waals surface area (Å²) in [7, 11) is 1.61. The van der Waals surface area contributed by atoms with E-state index in [-0.39, 0.29) is 17.8 Å². The van der Waals surface area contributed by atoms with Crippen LogP contribution < -0.4 is 14.8 Å². The molecular weight excluding hydrogens is 483 g/mol. The lowest BCUT2D eigenvalue weighted by Gasteiger charge is -2.18. The van der Waals surface area contributed by atoms with Crippen LogP contribution in [-0.4, -0.2) is 33.5 Å². The van der Waals surface area contributed by atoms with Crippen molar-refractivity contribution in [1.82, 2.24) is 14.8 Å². The number of nitrogens with zero attached hydrogens (tertiary/aromatic N) is 3. The zero-order chi connectivity index (χ0) is 24.0. The second-order valence-electron chi connectivity index (χ2n) is 7.78. The number of carbonyl (C=O) groups is 1.